The first kappa shape index (κ1) is 19.5. The highest BCUT2D eigenvalue weighted by Gasteiger charge is 2.21. The number of H-pyrrole nitrogens is 1. The maximum absolute atomic E-state index is 11.1. The van der Waals surface area contributed by atoms with E-state index in [-0.39, 0.29) is 10.6 Å². The number of hydrogen-bond acceptors (Lipinski definition) is 5. The summed E-state index contributed by atoms with van der Waals surface area (Å²) in [5, 5.41) is 11.1. The van der Waals surface area contributed by atoms with Crippen LogP contribution in [-0.2, 0) is 6.54 Å². The Morgan fingerprint density at radius 3 is 2.45 bits per heavy atom. The smallest absolute Gasteiger partial charge is 0.269 e. The number of non-ortho nitro benzene ring substituents is 1. The number of nitrogens with one attached hydrogen (secondary N) is 1. The van der Waals surface area contributed by atoms with Crippen molar-refractivity contribution in [3.63, 3.8) is 0 Å². The van der Waals surface area contributed by atoms with Crippen LogP contribution in [0.1, 0.15) is 5.69 Å². The van der Waals surface area contributed by atoms with Crippen molar-refractivity contribution >= 4 is 11.3 Å². The summed E-state index contributed by atoms with van der Waals surface area (Å²) >= 11 is 0. The Morgan fingerprint density at radius 1 is 1.03 bits per heavy atom. The minimum absolute atomic E-state index is 0.0853. The third-order valence-corrected chi connectivity index (χ3v) is 5.95. The summed E-state index contributed by atoms with van der Waals surface area (Å²) in [6.45, 7) is 4.85. The summed E-state index contributed by atoms with van der Waals surface area (Å²) < 4.78 is 2.16. The third kappa shape index (κ3) is 3.83. The molecule has 158 valence electrons. The molecule has 0 unspecified atom stereocenters. The lowest BCUT2D eigenvalue weighted by atomic mass is 10.1. The average Bonchev–Trinajstić information content (AvgIpc) is 3.44. The van der Waals surface area contributed by atoms with Crippen molar-refractivity contribution < 1.29 is 4.92 Å². The van der Waals surface area contributed by atoms with Gasteiger partial charge in [-0.3, -0.25) is 15.0 Å². The molecule has 4 aromatic rings. The molecule has 1 aliphatic heterocycles. The van der Waals surface area contributed by atoms with Gasteiger partial charge in [0.1, 0.15) is 5.65 Å². The van der Waals surface area contributed by atoms with Crippen molar-refractivity contribution in [3.8, 4) is 22.5 Å². The van der Waals surface area contributed by atoms with Crippen molar-refractivity contribution in [2.24, 2.45) is 0 Å². The van der Waals surface area contributed by atoms with E-state index >= 15 is 0 Å². The van der Waals surface area contributed by atoms with Crippen LogP contribution in [0.25, 0.3) is 28.2 Å². The average molecular weight is 416 g/mol. The van der Waals surface area contributed by atoms with Crippen LogP contribution < -0.4 is 0 Å². The number of rotatable bonds is 5. The summed E-state index contributed by atoms with van der Waals surface area (Å²) in [6.07, 6.45) is 4.04. The van der Waals surface area contributed by atoms with E-state index < -0.39 is 0 Å². The van der Waals surface area contributed by atoms with Crippen LogP contribution in [0.5, 0.6) is 0 Å². The summed E-state index contributed by atoms with van der Waals surface area (Å²) in [5.74, 6) is 0. The highest BCUT2D eigenvalue weighted by atomic mass is 16.6. The van der Waals surface area contributed by atoms with Crippen molar-refractivity contribution in [1.82, 2.24) is 24.2 Å². The molecule has 0 atom stereocenters. The molecule has 0 aliphatic carbocycles. The number of piperazine rings is 1. The lowest BCUT2D eigenvalue weighted by Crippen LogP contribution is -2.44. The van der Waals surface area contributed by atoms with Crippen LogP contribution in [0, 0.1) is 10.1 Å². The van der Waals surface area contributed by atoms with Crippen molar-refractivity contribution in [2.75, 3.05) is 33.2 Å². The van der Waals surface area contributed by atoms with Gasteiger partial charge in [0.15, 0.2) is 0 Å². The van der Waals surface area contributed by atoms with E-state index in [1.807, 2.05) is 18.3 Å². The first-order valence-corrected chi connectivity index (χ1v) is 10.4. The van der Waals surface area contributed by atoms with E-state index in [1.54, 1.807) is 24.3 Å². The van der Waals surface area contributed by atoms with Gasteiger partial charge in [-0.2, -0.15) is 0 Å². The number of fused-ring (bicyclic) bond motifs is 1. The molecule has 8 heteroatoms. The molecule has 31 heavy (non-hydrogen) atoms. The Hall–Kier alpha value is -3.49. The monoisotopic (exact) mass is 416 g/mol. The minimum Gasteiger partial charge on any atom is -0.361 e. The number of likely N-dealkylation sites (N-methyl/N-ethyl adjacent to an activating group) is 1. The number of hydrogen-bond donors (Lipinski definition) is 1. The van der Waals surface area contributed by atoms with Gasteiger partial charge < -0.3 is 14.3 Å². The highest BCUT2D eigenvalue weighted by molar-refractivity contribution is 5.70. The second-order valence-corrected chi connectivity index (χ2v) is 8.02. The zero-order chi connectivity index (χ0) is 21.4. The lowest BCUT2D eigenvalue weighted by Gasteiger charge is -2.32. The van der Waals surface area contributed by atoms with Crippen LogP contribution in [-0.4, -0.2) is 62.3 Å². The Balaban J connectivity index is 1.60. The molecule has 0 saturated carbocycles. The van der Waals surface area contributed by atoms with Gasteiger partial charge in [0.25, 0.3) is 5.69 Å². The summed E-state index contributed by atoms with van der Waals surface area (Å²) in [7, 11) is 2.15. The quantitative estimate of drug-likeness (QED) is 0.397. The molecular weight excluding hydrogens is 392 g/mol. The molecule has 3 aromatic heterocycles. The molecule has 1 N–H and O–H groups in total. The van der Waals surface area contributed by atoms with Gasteiger partial charge in [-0.15, -0.1) is 0 Å². The normalized spacial score (nSPS) is 15.5. The first-order valence-electron chi connectivity index (χ1n) is 10.4. The van der Waals surface area contributed by atoms with Gasteiger partial charge >= 0.3 is 0 Å². The third-order valence-electron chi connectivity index (χ3n) is 5.95. The molecular formula is C23H24N6O2. The predicted molar refractivity (Wildman–Crippen MR) is 120 cm³/mol. The number of pyridine rings is 1. The Bertz CT molecular complexity index is 1210. The lowest BCUT2D eigenvalue weighted by molar-refractivity contribution is -0.384. The molecule has 0 radical (unpaired) electrons. The summed E-state index contributed by atoms with van der Waals surface area (Å²) in [4.78, 5) is 23.6. The number of nitro groups is 1. The number of imidazole rings is 1. The molecule has 5 rings (SSSR count). The summed E-state index contributed by atoms with van der Waals surface area (Å²) in [5.41, 5.74) is 5.96. The highest BCUT2D eigenvalue weighted by Crippen LogP contribution is 2.29. The maximum Gasteiger partial charge on any atom is 0.269 e. The van der Waals surface area contributed by atoms with E-state index in [0.29, 0.717) is 0 Å². The van der Waals surface area contributed by atoms with Crippen LogP contribution in [0.3, 0.4) is 0 Å². The van der Waals surface area contributed by atoms with Crippen LogP contribution in [0.4, 0.5) is 5.69 Å². The minimum atomic E-state index is -0.374. The van der Waals surface area contributed by atoms with Gasteiger partial charge in [0.05, 0.1) is 16.3 Å². The number of nitro benzene ring substituents is 1. The van der Waals surface area contributed by atoms with E-state index in [2.05, 4.69) is 44.6 Å². The maximum atomic E-state index is 11.1. The van der Waals surface area contributed by atoms with Gasteiger partial charge in [0.2, 0.25) is 0 Å². The molecule has 1 saturated heterocycles. The number of aromatic nitrogens is 3. The van der Waals surface area contributed by atoms with E-state index in [9.17, 15) is 10.1 Å². The molecule has 8 nitrogen and oxygen atoms in total. The summed E-state index contributed by atoms with van der Waals surface area (Å²) in [6, 6.07) is 14.8. The number of aromatic amines is 1. The Kier molecular flexibility index (Phi) is 5.01. The zero-order valence-electron chi connectivity index (χ0n) is 17.4. The molecule has 0 bridgehead atoms. The fourth-order valence-electron chi connectivity index (χ4n) is 4.10. The second-order valence-electron chi connectivity index (χ2n) is 8.02. The molecule has 1 aromatic carbocycles. The molecule has 0 amide bonds. The van der Waals surface area contributed by atoms with E-state index in [4.69, 9.17) is 4.98 Å². The van der Waals surface area contributed by atoms with Crippen molar-refractivity contribution in [2.45, 2.75) is 6.54 Å². The fourth-order valence-corrected chi connectivity index (χ4v) is 4.10. The van der Waals surface area contributed by atoms with E-state index in [0.717, 1.165) is 66.6 Å². The van der Waals surface area contributed by atoms with Gasteiger partial charge in [-0.05, 0) is 43.4 Å². The molecule has 0 spiro atoms. The molecule has 1 fully saturated rings. The van der Waals surface area contributed by atoms with Crippen LogP contribution >= 0.6 is 0 Å². The molecule has 1 aliphatic rings. The topological polar surface area (TPSA) is 82.7 Å². The van der Waals surface area contributed by atoms with Crippen molar-refractivity contribution in [1.29, 1.82) is 0 Å². The van der Waals surface area contributed by atoms with Crippen LogP contribution in [0.2, 0.25) is 0 Å². The van der Waals surface area contributed by atoms with Crippen molar-refractivity contribution in [3.05, 3.63) is 76.7 Å². The SMILES string of the molecule is CN1CCN(Cc2c(-c3ccc([N+](=O)[O-])cc3)nc3ccc(-c4ccc[nH]4)cn23)CC1. The first-order chi connectivity index (χ1) is 15.1. The largest absolute Gasteiger partial charge is 0.361 e. The van der Waals surface area contributed by atoms with Gasteiger partial charge in [0, 0.05) is 74.1 Å². The van der Waals surface area contributed by atoms with Crippen LogP contribution in [0.15, 0.2) is 60.9 Å². The van der Waals surface area contributed by atoms with E-state index in [1.165, 1.54) is 0 Å². The number of nitrogens with zero attached hydrogens (tertiary/aromatic N) is 5. The fraction of sp³-hybridized carbons (Fsp3) is 0.261. The number of benzene rings is 1. The van der Waals surface area contributed by atoms with Gasteiger partial charge in [-0.1, -0.05) is 0 Å². The molecule has 4 heterocycles. The zero-order valence-corrected chi connectivity index (χ0v) is 17.4. The van der Waals surface area contributed by atoms with Gasteiger partial charge in [-0.25, -0.2) is 4.98 Å². The Morgan fingerprint density at radius 2 is 1.77 bits per heavy atom. The second kappa shape index (κ2) is 7.98. The predicted octanol–water partition coefficient (Wildman–Crippen LogP) is 3.65. The standard InChI is InChI=1S/C23H24N6O2/c1-26-11-13-27(14-12-26)16-21-23(17-4-7-19(8-5-17)29(30)31)25-22-9-6-18(15-28(21)22)20-3-2-10-24-20/h2-10,15,24H,11-14,16H2,1H3. The Labute approximate surface area is 179 Å².